The zero-order valence-electron chi connectivity index (χ0n) is 12.5. The molecule has 2 aliphatic rings. The van der Waals surface area contributed by atoms with E-state index >= 15 is 0 Å². The quantitative estimate of drug-likeness (QED) is 0.669. The van der Waals surface area contributed by atoms with E-state index in [-0.39, 0.29) is 0 Å². The molecule has 0 aromatic carbocycles. The molecule has 1 saturated carbocycles. The van der Waals surface area contributed by atoms with Crippen LogP contribution in [0.2, 0.25) is 0 Å². The molecule has 4 nitrogen and oxygen atoms in total. The predicted octanol–water partition coefficient (Wildman–Crippen LogP) is 2.64. The van der Waals surface area contributed by atoms with Crippen LogP contribution in [-0.4, -0.2) is 27.6 Å². The highest BCUT2D eigenvalue weighted by Gasteiger charge is 2.36. The average Bonchev–Trinajstić information content (AvgIpc) is 3.15. The molecular formula is C17H20N4S. The summed E-state index contributed by atoms with van der Waals surface area (Å²) in [6, 6.07) is 6.63. The number of nitrogens with zero attached hydrogens (tertiary/aromatic N) is 3. The van der Waals surface area contributed by atoms with E-state index in [0.717, 1.165) is 16.6 Å². The number of rotatable bonds is 5. The summed E-state index contributed by atoms with van der Waals surface area (Å²) in [5.41, 5.74) is 1.16. The van der Waals surface area contributed by atoms with Gasteiger partial charge in [0.2, 0.25) is 0 Å². The lowest BCUT2D eigenvalue weighted by Gasteiger charge is -2.29. The lowest BCUT2D eigenvalue weighted by Crippen LogP contribution is -2.46. The largest absolute Gasteiger partial charge is 0.359 e. The first kappa shape index (κ1) is 15.0. The van der Waals surface area contributed by atoms with Crippen LogP contribution in [0.1, 0.15) is 24.8 Å². The molecule has 0 amide bonds. The number of hydrogen-bond donors (Lipinski definition) is 1. The molecule has 0 radical (unpaired) electrons. The van der Waals surface area contributed by atoms with Gasteiger partial charge in [0.05, 0.1) is 12.5 Å². The van der Waals surface area contributed by atoms with E-state index in [1.54, 1.807) is 12.4 Å². The van der Waals surface area contributed by atoms with Crippen LogP contribution in [0.5, 0.6) is 0 Å². The van der Waals surface area contributed by atoms with E-state index in [1.165, 1.54) is 12.8 Å². The van der Waals surface area contributed by atoms with Crippen molar-refractivity contribution in [3.63, 3.8) is 0 Å². The topological polar surface area (TPSA) is 52.0 Å². The van der Waals surface area contributed by atoms with E-state index in [4.69, 9.17) is 17.5 Å². The molecule has 3 rings (SSSR count). The monoisotopic (exact) mass is 312 g/mol. The molecule has 5 heteroatoms. The van der Waals surface area contributed by atoms with Gasteiger partial charge in [0.25, 0.3) is 0 Å². The van der Waals surface area contributed by atoms with E-state index in [2.05, 4.69) is 33.4 Å². The average molecular weight is 312 g/mol. The second-order valence-electron chi connectivity index (χ2n) is 6.02. The maximum Gasteiger partial charge on any atom is 0.169 e. The minimum Gasteiger partial charge on any atom is -0.359 e. The molecule has 22 heavy (non-hydrogen) atoms. The molecule has 2 aliphatic carbocycles. The van der Waals surface area contributed by atoms with Gasteiger partial charge < -0.3 is 10.2 Å². The number of fused-ring (bicyclic) bond motifs is 2. The Morgan fingerprint density at radius 2 is 2.18 bits per heavy atom. The van der Waals surface area contributed by atoms with Crippen molar-refractivity contribution in [3.8, 4) is 6.07 Å². The zero-order valence-corrected chi connectivity index (χ0v) is 13.3. The summed E-state index contributed by atoms with van der Waals surface area (Å²) < 4.78 is 0. The minimum absolute atomic E-state index is 0.449. The Hall–Kier alpha value is -1.93. The number of thiocarbonyl (C=S) groups is 1. The number of hydrogen-bond acceptors (Lipinski definition) is 3. The van der Waals surface area contributed by atoms with Crippen LogP contribution >= 0.6 is 12.2 Å². The van der Waals surface area contributed by atoms with Crippen LogP contribution in [0.3, 0.4) is 0 Å². The highest BCUT2D eigenvalue weighted by molar-refractivity contribution is 7.80. The molecule has 1 aromatic rings. The third-order valence-corrected chi connectivity index (χ3v) is 4.87. The third-order valence-electron chi connectivity index (χ3n) is 4.49. The molecule has 114 valence electrons. The van der Waals surface area contributed by atoms with E-state index in [0.29, 0.717) is 31.5 Å². The van der Waals surface area contributed by atoms with Crippen molar-refractivity contribution in [2.75, 3.05) is 6.54 Å². The van der Waals surface area contributed by atoms with Crippen LogP contribution in [-0.2, 0) is 6.54 Å². The molecule has 0 aliphatic heterocycles. The molecule has 0 saturated heterocycles. The summed E-state index contributed by atoms with van der Waals surface area (Å²) in [6.07, 6.45) is 11.1. The minimum atomic E-state index is 0.449. The maximum absolute atomic E-state index is 8.87. The van der Waals surface area contributed by atoms with Crippen molar-refractivity contribution in [3.05, 3.63) is 42.2 Å². The fourth-order valence-corrected chi connectivity index (χ4v) is 3.65. The van der Waals surface area contributed by atoms with Gasteiger partial charge in [-0.1, -0.05) is 12.2 Å². The molecule has 3 atom stereocenters. The molecule has 1 aromatic heterocycles. The Labute approximate surface area is 136 Å². The fraction of sp³-hybridized carbons (Fsp3) is 0.471. The van der Waals surface area contributed by atoms with E-state index < -0.39 is 0 Å². The van der Waals surface area contributed by atoms with Gasteiger partial charge in [0.15, 0.2) is 5.11 Å². The van der Waals surface area contributed by atoms with Crippen LogP contribution < -0.4 is 5.32 Å². The summed E-state index contributed by atoms with van der Waals surface area (Å²) in [7, 11) is 0. The second kappa shape index (κ2) is 6.89. The van der Waals surface area contributed by atoms with Crippen LogP contribution in [0.15, 0.2) is 36.7 Å². The summed E-state index contributed by atoms with van der Waals surface area (Å²) in [5, 5.41) is 13.2. The van der Waals surface area contributed by atoms with Crippen LogP contribution in [0, 0.1) is 23.2 Å². The van der Waals surface area contributed by atoms with Gasteiger partial charge in [-0.3, -0.25) is 4.98 Å². The van der Waals surface area contributed by atoms with Crippen molar-refractivity contribution in [1.82, 2.24) is 15.2 Å². The van der Waals surface area contributed by atoms with Gasteiger partial charge in [-0.2, -0.15) is 5.26 Å². The van der Waals surface area contributed by atoms with Crippen LogP contribution in [0.4, 0.5) is 0 Å². The van der Waals surface area contributed by atoms with Gasteiger partial charge in [0.1, 0.15) is 0 Å². The fourth-order valence-electron chi connectivity index (χ4n) is 3.34. The van der Waals surface area contributed by atoms with Gasteiger partial charge in [-0.25, -0.2) is 0 Å². The Morgan fingerprint density at radius 1 is 1.36 bits per heavy atom. The van der Waals surface area contributed by atoms with Crippen molar-refractivity contribution in [1.29, 1.82) is 5.26 Å². The highest BCUT2D eigenvalue weighted by atomic mass is 32.1. The Bertz CT molecular complexity index is 592. The van der Waals surface area contributed by atoms with Crippen molar-refractivity contribution >= 4 is 17.3 Å². The maximum atomic E-state index is 8.87. The highest BCUT2D eigenvalue weighted by Crippen LogP contribution is 2.39. The Balaban J connectivity index is 1.62. The Morgan fingerprint density at radius 3 is 2.82 bits per heavy atom. The van der Waals surface area contributed by atoms with Gasteiger partial charge in [-0.15, -0.1) is 0 Å². The molecule has 1 heterocycles. The predicted molar refractivity (Wildman–Crippen MR) is 89.8 cm³/mol. The van der Waals surface area contributed by atoms with Crippen molar-refractivity contribution < 1.29 is 0 Å². The number of nitrogens with one attached hydrogen (secondary N) is 1. The first-order valence-corrected chi connectivity index (χ1v) is 8.16. The lowest BCUT2D eigenvalue weighted by molar-refractivity contribution is 0.396. The van der Waals surface area contributed by atoms with Gasteiger partial charge in [-0.05, 0) is 54.6 Å². The lowest BCUT2D eigenvalue weighted by atomic mass is 10.0. The molecule has 0 spiro atoms. The molecule has 2 bridgehead atoms. The number of pyridine rings is 1. The van der Waals surface area contributed by atoms with Gasteiger partial charge >= 0.3 is 0 Å². The van der Waals surface area contributed by atoms with E-state index in [1.807, 2.05) is 12.1 Å². The second-order valence-corrected chi connectivity index (χ2v) is 6.41. The van der Waals surface area contributed by atoms with Crippen molar-refractivity contribution in [2.24, 2.45) is 11.8 Å². The smallest absolute Gasteiger partial charge is 0.169 e. The standard InChI is InChI=1S/C17H20N4S/c18-6-1-9-21(12-13-4-7-19-8-5-13)17(22)20-16-11-14-2-3-15(16)10-14/h2-5,7-8,14-16H,1,9-12H2,(H,20,22)/t14-,15+,16-/m0/s1. The van der Waals surface area contributed by atoms with E-state index in [9.17, 15) is 0 Å². The normalized spacial score (nSPS) is 25.0. The van der Waals surface area contributed by atoms with Crippen molar-refractivity contribution in [2.45, 2.75) is 31.8 Å². The first-order valence-electron chi connectivity index (χ1n) is 7.76. The SMILES string of the molecule is N#CCCN(Cc1ccncc1)C(=S)N[C@H]1C[C@H]2C=C[C@@H]1C2. The number of nitriles is 1. The molecule has 1 N–H and O–H groups in total. The van der Waals surface area contributed by atoms with Crippen LogP contribution in [0.25, 0.3) is 0 Å². The molecular weight excluding hydrogens is 292 g/mol. The molecule has 0 unspecified atom stereocenters. The zero-order chi connectivity index (χ0) is 15.4. The summed E-state index contributed by atoms with van der Waals surface area (Å²) in [6.45, 7) is 1.37. The molecule has 1 fully saturated rings. The summed E-state index contributed by atoms with van der Waals surface area (Å²) >= 11 is 5.61. The Kier molecular flexibility index (Phi) is 4.69. The number of aromatic nitrogens is 1. The number of allylic oxidation sites excluding steroid dienone is 1. The van der Waals surface area contributed by atoms with Gasteiger partial charge in [0, 0.05) is 31.5 Å². The summed E-state index contributed by atoms with van der Waals surface area (Å²) in [4.78, 5) is 6.13. The summed E-state index contributed by atoms with van der Waals surface area (Å²) in [5.74, 6) is 1.33. The first-order chi connectivity index (χ1) is 10.8. The third kappa shape index (κ3) is 3.45.